The molecule has 0 aliphatic heterocycles. The monoisotopic (exact) mass is 319 g/mol. The Bertz CT molecular complexity index is 726. The van der Waals surface area contributed by atoms with Crippen molar-refractivity contribution in [3.63, 3.8) is 0 Å². The molecule has 0 unspecified atom stereocenters. The molecule has 2 aromatic rings. The summed E-state index contributed by atoms with van der Waals surface area (Å²) in [5, 5.41) is 11.4. The Morgan fingerprint density at radius 1 is 1.13 bits per heavy atom. The number of benzene rings is 2. The van der Waals surface area contributed by atoms with Crippen molar-refractivity contribution in [1.29, 1.82) is 0 Å². The largest absolute Gasteiger partial charge is 0.480 e. The number of aliphatic carboxylic acids is 1. The average Bonchev–Trinajstić information content (AvgIpc) is 2.46. The summed E-state index contributed by atoms with van der Waals surface area (Å²) in [6.45, 7) is 1.85. The maximum atomic E-state index is 13.6. The van der Waals surface area contributed by atoms with Crippen LogP contribution in [0.2, 0.25) is 0 Å². The zero-order valence-corrected chi connectivity index (χ0v) is 12.3. The first-order valence-electron chi connectivity index (χ1n) is 6.91. The number of carbonyl (C=O) groups is 2. The second-order valence-electron chi connectivity index (χ2n) is 5.15. The van der Waals surface area contributed by atoms with Gasteiger partial charge >= 0.3 is 5.97 Å². The van der Waals surface area contributed by atoms with Gasteiger partial charge in [0, 0.05) is 6.42 Å². The van der Waals surface area contributed by atoms with E-state index in [1.165, 1.54) is 0 Å². The summed E-state index contributed by atoms with van der Waals surface area (Å²) in [6.07, 6.45) is 0.0127. The van der Waals surface area contributed by atoms with E-state index >= 15 is 0 Å². The van der Waals surface area contributed by atoms with Gasteiger partial charge < -0.3 is 10.4 Å². The van der Waals surface area contributed by atoms with E-state index < -0.39 is 35.1 Å². The predicted octanol–water partition coefficient (Wildman–Crippen LogP) is 2.70. The predicted molar refractivity (Wildman–Crippen MR) is 80.1 cm³/mol. The molecule has 120 valence electrons. The summed E-state index contributed by atoms with van der Waals surface area (Å²) in [6, 6.07) is 8.84. The molecule has 0 aliphatic carbocycles. The molecule has 0 fully saturated rings. The van der Waals surface area contributed by atoms with Crippen molar-refractivity contribution in [2.45, 2.75) is 19.4 Å². The lowest BCUT2D eigenvalue weighted by atomic mass is 10.0. The molecule has 0 saturated carbocycles. The van der Waals surface area contributed by atoms with Gasteiger partial charge in [0.05, 0.1) is 0 Å². The highest BCUT2D eigenvalue weighted by Gasteiger charge is 2.24. The second kappa shape index (κ2) is 7.00. The molecule has 0 bridgehead atoms. The molecule has 1 amide bonds. The highest BCUT2D eigenvalue weighted by Crippen LogP contribution is 2.13. The van der Waals surface area contributed by atoms with Crippen LogP contribution >= 0.6 is 0 Å². The first-order chi connectivity index (χ1) is 10.9. The molecule has 0 spiro atoms. The van der Waals surface area contributed by atoms with Crippen LogP contribution in [0.25, 0.3) is 0 Å². The van der Waals surface area contributed by atoms with Crippen LogP contribution in [0.1, 0.15) is 21.5 Å². The number of carbonyl (C=O) groups excluding carboxylic acids is 1. The van der Waals surface area contributed by atoms with Crippen LogP contribution in [0.3, 0.4) is 0 Å². The number of carboxylic acids is 1. The third-order valence-electron chi connectivity index (χ3n) is 3.32. The molecule has 6 heteroatoms. The first-order valence-corrected chi connectivity index (χ1v) is 6.91. The molecule has 0 aliphatic rings. The van der Waals surface area contributed by atoms with Gasteiger partial charge in [0.1, 0.15) is 23.2 Å². The zero-order chi connectivity index (χ0) is 17.0. The van der Waals surface area contributed by atoms with E-state index in [1.54, 1.807) is 18.2 Å². The highest BCUT2D eigenvalue weighted by molar-refractivity contribution is 5.97. The molecule has 2 N–H and O–H groups in total. The standard InChI is InChI=1S/C17H15F2NO3/c1-10-4-2-5-11(8-10)9-14(17(22)23)20-16(21)15-12(18)6-3-7-13(15)19/h2-8,14H,9H2,1H3,(H,20,21)(H,22,23)/t14-/m0/s1. The van der Waals surface area contributed by atoms with Crippen molar-refractivity contribution < 1.29 is 23.5 Å². The first kappa shape index (κ1) is 16.6. The Kier molecular flexibility index (Phi) is 5.05. The van der Waals surface area contributed by atoms with Gasteiger partial charge in [0.25, 0.3) is 5.91 Å². The van der Waals surface area contributed by atoms with E-state index in [9.17, 15) is 23.5 Å². The lowest BCUT2D eigenvalue weighted by Gasteiger charge is -2.15. The fraction of sp³-hybridized carbons (Fsp3) is 0.176. The van der Waals surface area contributed by atoms with Crippen LogP contribution in [-0.4, -0.2) is 23.0 Å². The molecule has 4 nitrogen and oxygen atoms in total. The summed E-state index contributed by atoms with van der Waals surface area (Å²) in [7, 11) is 0. The third-order valence-corrected chi connectivity index (χ3v) is 3.32. The number of aryl methyl sites for hydroxylation is 1. The number of halogens is 2. The van der Waals surface area contributed by atoms with Crippen LogP contribution < -0.4 is 5.32 Å². The minimum atomic E-state index is -1.29. The van der Waals surface area contributed by atoms with Crippen molar-refractivity contribution in [2.75, 3.05) is 0 Å². The van der Waals surface area contributed by atoms with Crippen molar-refractivity contribution in [2.24, 2.45) is 0 Å². The maximum absolute atomic E-state index is 13.6. The van der Waals surface area contributed by atoms with Gasteiger partial charge in [-0.2, -0.15) is 0 Å². The van der Waals surface area contributed by atoms with Crippen LogP contribution in [0.5, 0.6) is 0 Å². The molecule has 1 atom stereocenters. The molecule has 2 rings (SSSR count). The molecule has 2 aromatic carbocycles. The van der Waals surface area contributed by atoms with E-state index in [4.69, 9.17) is 0 Å². The minimum Gasteiger partial charge on any atom is -0.480 e. The topological polar surface area (TPSA) is 66.4 Å². The second-order valence-corrected chi connectivity index (χ2v) is 5.15. The highest BCUT2D eigenvalue weighted by atomic mass is 19.1. The summed E-state index contributed by atoms with van der Waals surface area (Å²) in [5.74, 6) is -4.46. The smallest absolute Gasteiger partial charge is 0.326 e. The lowest BCUT2D eigenvalue weighted by Crippen LogP contribution is -2.42. The summed E-state index contributed by atoms with van der Waals surface area (Å²) < 4.78 is 27.2. The van der Waals surface area contributed by atoms with E-state index in [0.717, 1.165) is 23.8 Å². The fourth-order valence-electron chi connectivity index (χ4n) is 2.22. The maximum Gasteiger partial charge on any atom is 0.326 e. The molecular weight excluding hydrogens is 304 g/mol. The van der Waals surface area contributed by atoms with E-state index in [-0.39, 0.29) is 6.42 Å². The molecule has 0 heterocycles. The van der Waals surface area contributed by atoms with E-state index in [0.29, 0.717) is 5.56 Å². The number of nitrogens with one attached hydrogen (secondary N) is 1. The van der Waals surface area contributed by atoms with Crippen LogP contribution in [0.15, 0.2) is 42.5 Å². The summed E-state index contributed by atoms with van der Waals surface area (Å²) in [5.41, 5.74) is 0.854. The van der Waals surface area contributed by atoms with Gasteiger partial charge in [-0.05, 0) is 24.6 Å². The van der Waals surface area contributed by atoms with Gasteiger partial charge in [-0.3, -0.25) is 4.79 Å². The number of carboxylic acid groups (broad SMARTS) is 1. The SMILES string of the molecule is Cc1cccc(C[C@H](NC(=O)c2c(F)cccc2F)C(=O)O)c1. The Labute approximate surface area is 131 Å². The van der Waals surface area contributed by atoms with Gasteiger partial charge in [0.15, 0.2) is 0 Å². The van der Waals surface area contributed by atoms with Gasteiger partial charge in [-0.25, -0.2) is 13.6 Å². The van der Waals surface area contributed by atoms with E-state index in [1.807, 2.05) is 13.0 Å². The Morgan fingerprint density at radius 2 is 1.74 bits per heavy atom. The average molecular weight is 319 g/mol. The van der Waals surface area contributed by atoms with Crippen LogP contribution in [-0.2, 0) is 11.2 Å². The van der Waals surface area contributed by atoms with Crippen molar-refractivity contribution in [3.8, 4) is 0 Å². The number of hydrogen-bond acceptors (Lipinski definition) is 2. The van der Waals surface area contributed by atoms with Gasteiger partial charge in [-0.15, -0.1) is 0 Å². The van der Waals surface area contributed by atoms with Crippen molar-refractivity contribution in [1.82, 2.24) is 5.32 Å². The molecule has 0 saturated heterocycles. The number of amides is 1. The van der Waals surface area contributed by atoms with Gasteiger partial charge in [-0.1, -0.05) is 35.9 Å². The summed E-state index contributed by atoms with van der Waals surface area (Å²) in [4.78, 5) is 23.3. The van der Waals surface area contributed by atoms with E-state index in [2.05, 4.69) is 5.32 Å². The Hall–Kier alpha value is -2.76. The van der Waals surface area contributed by atoms with Crippen molar-refractivity contribution in [3.05, 3.63) is 70.8 Å². The quantitative estimate of drug-likeness (QED) is 0.890. The van der Waals surface area contributed by atoms with Crippen LogP contribution in [0, 0.1) is 18.6 Å². The van der Waals surface area contributed by atoms with Crippen LogP contribution in [0.4, 0.5) is 8.78 Å². The lowest BCUT2D eigenvalue weighted by molar-refractivity contribution is -0.139. The third kappa shape index (κ3) is 4.12. The fourth-order valence-corrected chi connectivity index (χ4v) is 2.22. The molecule has 0 radical (unpaired) electrons. The van der Waals surface area contributed by atoms with Crippen molar-refractivity contribution >= 4 is 11.9 Å². The molecule has 0 aromatic heterocycles. The molecule has 23 heavy (non-hydrogen) atoms. The number of hydrogen-bond donors (Lipinski definition) is 2. The summed E-state index contributed by atoms with van der Waals surface area (Å²) >= 11 is 0. The Morgan fingerprint density at radius 3 is 2.30 bits per heavy atom. The molecular formula is C17H15F2NO3. The Balaban J connectivity index is 2.19. The number of rotatable bonds is 5. The normalized spacial score (nSPS) is 11.8. The van der Waals surface area contributed by atoms with Gasteiger partial charge in [0.2, 0.25) is 0 Å². The minimum absolute atomic E-state index is 0.0127. The zero-order valence-electron chi connectivity index (χ0n) is 12.3.